The molecule has 0 aliphatic carbocycles. The molecule has 2 rings (SSSR count). The van der Waals surface area contributed by atoms with Crippen LogP contribution in [-0.2, 0) is 22.6 Å². The van der Waals surface area contributed by atoms with Gasteiger partial charge in [-0.15, -0.1) is 0 Å². The number of ether oxygens (including phenoxy) is 2. The van der Waals surface area contributed by atoms with Gasteiger partial charge in [-0.05, 0) is 17.7 Å². The van der Waals surface area contributed by atoms with Gasteiger partial charge in [0.15, 0.2) is 12.5 Å². The van der Waals surface area contributed by atoms with Crippen LogP contribution in [0.3, 0.4) is 0 Å². The van der Waals surface area contributed by atoms with E-state index in [2.05, 4.69) is 4.72 Å². The maximum Gasteiger partial charge on any atom is 0.259 e. The fourth-order valence-corrected chi connectivity index (χ4v) is 2.61. The Morgan fingerprint density at radius 3 is 2.36 bits per heavy atom. The van der Waals surface area contributed by atoms with E-state index in [9.17, 15) is 4.21 Å². The highest BCUT2D eigenvalue weighted by molar-refractivity contribution is 7.80. The lowest BCUT2D eigenvalue weighted by Crippen LogP contribution is -2.05. The van der Waals surface area contributed by atoms with Crippen molar-refractivity contribution in [2.75, 3.05) is 11.5 Å². The van der Waals surface area contributed by atoms with Crippen LogP contribution in [0.25, 0.3) is 0 Å². The Morgan fingerprint density at radius 2 is 1.77 bits per heavy atom. The molecule has 0 spiro atoms. The summed E-state index contributed by atoms with van der Waals surface area (Å²) in [4.78, 5) is 0. The van der Waals surface area contributed by atoms with Crippen molar-refractivity contribution in [3.05, 3.63) is 58.1 Å². The number of anilines is 1. The zero-order valence-electron chi connectivity index (χ0n) is 11.3. The van der Waals surface area contributed by atoms with Gasteiger partial charge < -0.3 is 9.47 Å². The molecule has 0 aromatic heterocycles. The van der Waals surface area contributed by atoms with Gasteiger partial charge in [-0.1, -0.05) is 53.5 Å². The molecule has 22 heavy (non-hydrogen) atoms. The van der Waals surface area contributed by atoms with Crippen molar-refractivity contribution in [2.24, 2.45) is 0 Å². The Morgan fingerprint density at radius 1 is 1.14 bits per heavy atom. The molecular weight excluding hydrogens is 349 g/mol. The van der Waals surface area contributed by atoms with Gasteiger partial charge in [0.25, 0.3) is 11.3 Å². The molecule has 1 unspecified atom stereocenters. The van der Waals surface area contributed by atoms with E-state index in [-0.39, 0.29) is 22.6 Å². The molecule has 5 nitrogen and oxygen atoms in total. The van der Waals surface area contributed by atoms with Crippen LogP contribution in [0.5, 0.6) is 5.75 Å². The minimum atomic E-state index is -2.20. The third-order valence-electron chi connectivity index (χ3n) is 2.60. The standard InChI is InChI=1S/C14H13Cl2NO4S/c15-12-6-11(17-22(18)19)7-13(16)14(12)21-9-20-8-10-4-2-1-3-5-10/h1-7,17H,8-9H2,(H,18,19). The number of hydrogen-bond donors (Lipinski definition) is 2. The van der Waals surface area contributed by atoms with E-state index in [1.807, 2.05) is 30.3 Å². The van der Waals surface area contributed by atoms with Gasteiger partial charge in [0.1, 0.15) is 0 Å². The minimum absolute atomic E-state index is 0.0208. The molecule has 1 atom stereocenters. The van der Waals surface area contributed by atoms with E-state index in [1.165, 1.54) is 12.1 Å². The molecule has 118 valence electrons. The summed E-state index contributed by atoms with van der Waals surface area (Å²) < 4.78 is 32.5. The Labute approximate surface area is 140 Å². The van der Waals surface area contributed by atoms with Gasteiger partial charge in [0.2, 0.25) is 0 Å². The topological polar surface area (TPSA) is 67.8 Å². The number of hydrogen-bond acceptors (Lipinski definition) is 3. The van der Waals surface area contributed by atoms with Crippen LogP contribution in [0.4, 0.5) is 5.69 Å². The molecule has 0 radical (unpaired) electrons. The van der Waals surface area contributed by atoms with E-state index in [0.717, 1.165) is 5.56 Å². The van der Waals surface area contributed by atoms with Gasteiger partial charge in [-0.3, -0.25) is 9.27 Å². The highest BCUT2D eigenvalue weighted by Gasteiger charge is 2.10. The molecule has 0 heterocycles. The Kier molecular flexibility index (Phi) is 6.48. The molecule has 0 fully saturated rings. The van der Waals surface area contributed by atoms with Crippen molar-refractivity contribution in [2.45, 2.75) is 6.61 Å². The molecular formula is C14H13Cl2NO4S. The summed E-state index contributed by atoms with van der Waals surface area (Å²) >= 11 is 9.86. The smallest absolute Gasteiger partial charge is 0.259 e. The van der Waals surface area contributed by atoms with E-state index in [4.69, 9.17) is 37.2 Å². The predicted molar refractivity (Wildman–Crippen MR) is 87.6 cm³/mol. The first-order valence-electron chi connectivity index (χ1n) is 6.17. The van der Waals surface area contributed by atoms with Crippen molar-refractivity contribution >= 4 is 40.2 Å². The summed E-state index contributed by atoms with van der Waals surface area (Å²) in [6.07, 6.45) is 0. The molecule has 2 aromatic rings. The summed E-state index contributed by atoms with van der Waals surface area (Å²) in [5.74, 6) is 0.255. The zero-order valence-corrected chi connectivity index (χ0v) is 13.6. The van der Waals surface area contributed by atoms with Gasteiger partial charge in [-0.25, -0.2) is 4.21 Å². The second kappa shape index (κ2) is 8.36. The van der Waals surface area contributed by atoms with E-state index in [0.29, 0.717) is 12.3 Å². The highest BCUT2D eigenvalue weighted by atomic mass is 35.5. The second-order valence-corrected chi connectivity index (χ2v) is 5.73. The van der Waals surface area contributed by atoms with Crippen molar-refractivity contribution in [1.82, 2.24) is 0 Å². The fraction of sp³-hybridized carbons (Fsp3) is 0.143. The number of benzene rings is 2. The lowest BCUT2D eigenvalue weighted by molar-refractivity contribution is 0.00516. The molecule has 0 aliphatic heterocycles. The quantitative estimate of drug-likeness (QED) is 0.442. The summed E-state index contributed by atoms with van der Waals surface area (Å²) in [5, 5.41) is 0.424. The molecule has 0 saturated carbocycles. The number of rotatable bonds is 7. The molecule has 2 N–H and O–H groups in total. The molecule has 2 aromatic carbocycles. The number of nitrogens with one attached hydrogen (secondary N) is 1. The van der Waals surface area contributed by atoms with Crippen molar-refractivity contribution in [3.63, 3.8) is 0 Å². The minimum Gasteiger partial charge on any atom is -0.464 e. The SMILES string of the molecule is O=S(O)Nc1cc(Cl)c(OCOCc2ccccc2)c(Cl)c1. The maximum atomic E-state index is 10.7. The van der Waals surface area contributed by atoms with Crippen LogP contribution in [0, 0.1) is 0 Å². The second-order valence-electron chi connectivity index (χ2n) is 4.22. The third-order valence-corrected chi connectivity index (χ3v) is 3.57. The van der Waals surface area contributed by atoms with Crippen LogP contribution >= 0.6 is 23.2 Å². The van der Waals surface area contributed by atoms with E-state index >= 15 is 0 Å². The van der Waals surface area contributed by atoms with Crippen molar-refractivity contribution in [1.29, 1.82) is 0 Å². The van der Waals surface area contributed by atoms with Crippen LogP contribution in [0.1, 0.15) is 5.56 Å². The average Bonchev–Trinajstić information content (AvgIpc) is 2.46. The summed E-state index contributed by atoms with van der Waals surface area (Å²) in [6.45, 7) is 0.381. The summed E-state index contributed by atoms with van der Waals surface area (Å²) in [7, 11) is 0. The normalized spacial score (nSPS) is 12.0. The highest BCUT2D eigenvalue weighted by Crippen LogP contribution is 2.36. The van der Waals surface area contributed by atoms with Gasteiger partial charge in [-0.2, -0.15) is 0 Å². The predicted octanol–water partition coefficient (Wildman–Crippen LogP) is 4.10. The Bertz CT molecular complexity index is 632. The monoisotopic (exact) mass is 361 g/mol. The van der Waals surface area contributed by atoms with Crippen LogP contribution in [0.2, 0.25) is 10.0 Å². The fourth-order valence-electron chi connectivity index (χ4n) is 1.69. The Balaban J connectivity index is 1.91. The lowest BCUT2D eigenvalue weighted by Gasteiger charge is -2.12. The molecule has 0 saturated heterocycles. The van der Waals surface area contributed by atoms with E-state index in [1.54, 1.807) is 0 Å². The largest absolute Gasteiger partial charge is 0.464 e. The van der Waals surface area contributed by atoms with Gasteiger partial charge >= 0.3 is 0 Å². The molecule has 0 aliphatic rings. The van der Waals surface area contributed by atoms with Crippen LogP contribution in [0.15, 0.2) is 42.5 Å². The van der Waals surface area contributed by atoms with Crippen molar-refractivity contribution in [3.8, 4) is 5.75 Å². The first-order valence-corrected chi connectivity index (χ1v) is 8.03. The zero-order chi connectivity index (χ0) is 15.9. The first kappa shape index (κ1) is 17.1. The molecule has 0 bridgehead atoms. The van der Waals surface area contributed by atoms with Crippen LogP contribution in [-0.4, -0.2) is 15.6 Å². The van der Waals surface area contributed by atoms with Gasteiger partial charge in [0, 0.05) is 0 Å². The number of halogens is 2. The van der Waals surface area contributed by atoms with Crippen molar-refractivity contribution < 1.29 is 18.2 Å². The molecule has 8 heteroatoms. The first-order chi connectivity index (χ1) is 10.6. The summed E-state index contributed by atoms with van der Waals surface area (Å²) in [5.41, 5.74) is 1.33. The average molecular weight is 362 g/mol. The third kappa shape index (κ3) is 5.15. The van der Waals surface area contributed by atoms with Crippen LogP contribution < -0.4 is 9.46 Å². The Hall–Kier alpha value is -1.31. The molecule has 0 amide bonds. The lowest BCUT2D eigenvalue weighted by atomic mass is 10.2. The van der Waals surface area contributed by atoms with E-state index < -0.39 is 11.3 Å². The summed E-state index contributed by atoms with van der Waals surface area (Å²) in [6, 6.07) is 12.5. The maximum absolute atomic E-state index is 10.7. The van der Waals surface area contributed by atoms with Gasteiger partial charge in [0.05, 0.1) is 22.3 Å².